The van der Waals surface area contributed by atoms with E-state index in [1.807, 2.05) is 39.0 Å². The predicted octanol–water partition coefficient (Wildman–Crippen LogP) is 4.63. The summed E-state index contributed by atoms with van der Waals surface area (Å²) in [5.41, 5.74) is 1.25. The number of halogens is 1. The number of hydrogen-bond acceptors (Lipinski definition) is 5. The van der Waals surface area contributed by atoms with Crippen LogP contribution in [0.3, 0.4) is 0 Å². The van der Waals surface area contributed by atoms with Crippen LogP contribution in [0.5, 0.6) is 0 Å². The molecule has 0 saturated carbocycles. The second-order valence-electron chi connectivity index (χ2n) is 6.10. The van der Waals surface area contributed by atoms with Crippen LogP contribution in [0.15, 0.2) is 28.9 Å². The molecular weight excluding hydrogens is 378 g/mol. The van der Waals surface area contributed by atoms with E-state index in [1.165, 1.54) is 0 Å². The maximum Gasteiger partial charge on any atom is 0.408 e. The Morgan fingerprint density at radius 3 is 2.87 bits per heavy atom. The van der Waals surface area contributed by atoms with Crippen LogP contribution in [-0.4, -0.2) is 21.7 Å². The van der Waals surface area contributed by atoms with Gasteiger partial charge >= 0.3 is 6.09 Å². The van der Waals surface area contributed by atoms with E-state index in [-0.39, 0.29) is 0 Å². The van der Waals surface area contributed by atoms with Crippen molar-refractivity contribution in [1.29, 1.82) is 0 Å². The smallest absolute Gasteiger partial charge is 0.408 e. The van der Waals surface area contributed by atoms with E-state index in [0.717, 1.165) is 30.6 Å². The SMILES string of the molecule is CC(C)(C)OC(=O)NCc1nc2cnc3cc(Br)ccc3c2s1. The van der Waals surface area contributed by atoms with E-state index in [4.69, 9.17) is 4.74 Å². The molecule has 23 heavy (non-hydrogen) atoms. The molecule has 0 bridgehead atoms. The molecule has 5 nitrogen and oxygen atoms in total. The molecule has 3 rings (SSSR count). The molecule has 1 amide bonds. The fraction of sp³-hybridized carbons (Fsp3) is 0.312. The van der Waals surface area contributed by atoms with E-state index < -0.39 is 11.7 Å². The zero-order chi connectivity index (χ0) is 16.6. The van der Waals surface area contributed by atoms with Crippen LogP contribution < -0.4 is 5.32 Å². The van der Waals surface area contributed by atoms with Gasteiger partial charge in [-0.05, 0) is 32.9 Å². The van der Waals surface area contributed by atoms with E-state index >= 15 is 0 Å². The molecule has 2 heterocycles. The molecule has 1 N–H and O–H groups in total. The number of carbonyl (C=O) groups is 1. The van der Waals surface area contributed by atoms with Crippen LogP contribution >= 0.6 is 27.3 Å². The Bertz CT molecular complexity index is 886. The van der Waals surface area contributed by atoms with Gasteiger partial charge in [-0.3, -0.25) is 4.98 Å². The summed E-state index contributed by atoms with van der Waals surface area (Å²) in [6.45, 7) is 5.84. The van der Waals surface area contributed by atoms with Crippen LogP contribution in [0, 0.1) is 0 Å². The first-order chi connectivity index (χ1) is 10.8. The van der Waals surface area contributed by atoms with Crippen LogP contribution in [0.2, 0.25) is 0 Å². The highest BCUT2D eigenvalue weighted by Gasteiger charge is 2.16. The Morgan fingerprint density at radius 2 is 2.13 bits per heavy atom. The summed E-state index contributed by atoms with van der Waals surface area (Å²) in [5.74, 6) is 0. The lowest BCUT2D eigenvalue weighted by Crippen LogP contribution is -2.32. The van der Waals surface area contributed by atoms with Crippen LogP contribution in [0.1, 0.15) is 25.8 Å². The molecule has 1 aromatic carbocycles. The zero-order valence-corrected chi connectivity index (χ0v) is 15.4. The molecule has 3 aromatic rings. The summed E-state index contributed by atoms with van der Waals surface area (Å²) >= 11 is 5.01. The van der Waals surface area contributed by atoms with E-state index in [9.17, 15) is 4.79 Å². The van der Waals surface area contributed by atoms with Gasteiger partial charge in [0.25, 0.3) is 0 Å². The lowest BCUT2D eigenvalue weighted by Gasteiger charge is -2.19. The van der Waals surface area contributed by atoms with Crippen molar-refractivity contribution in [2.45, 2.75) is 32.9 Å². The monoisotopic (exact) mass is 393 g/mol. The lowest BCUT2D eigenvalue weighted by molar-refractivity contribution is 0.0523. The largest absolute Gasteiger partial charge is 0.444 e. The van der Waals surface area contributed by atoms with Crippen LogP contribution in [0.25, 0.3) is 21.1 Å². The van der Waals surface area contributed by atoms with E-state index in [1.54, 1.807) is 17.5 Å². The standard InChI is InChI=1S/C16H16BrN3O2S/c1-16(2,3)22-15(21)19-8-13-20-12-7-18-11-6-9(17)4-5-10(11)14(12)23-13/h4-7H,8H2,1-3H3,(H,19,21). The van der Waals surface area contributed by atoms with Gasteiger partial charge in [-0.25, -0.2) is 9.78 Å². The molecule has 0 atom stereocenters. The molecule has 2 aromatic heterocycles. The van der Waals surface area contributed by atoms with Crippen molar-refractivity contribution in [3.63, 3.8) is 0 Å². The Morgan fingerprint density at radius 1 is 1.35 bits per heavy atom. The second-order valence-corrected chi connectivity index (χ2v) is 8.10. The molecular formula is C16H16BrN3O2S. The highest BCUT2D eigenvalue weighted by atomic mass is 79.9. The maximum atomic E-state index is 11.7. The number of fused-ring (bicyclic) bond motifs is 3. The Kier molecular flexibility index (Phi) is 4.25. The average Bonchev–Trinajstić information content (AvgIpc) is 2.86. The second kappa shape index (κ2) is 6.05. The minimum Gasteiger partial charge on any atom is -0.444 e. The summed E-state index contributed by atoms with van der Waals surface area (Å²) in [5, 5.41) is 4.62. The van der Waals surface area contributed by atoms with Crippen molar-refractivity contribution in [3.8, 4) is 0 Å². The van der Waals surface area contributed by atoms with Gasteiger partial charge in [-0.2, -0.15) is 0 Å². The number of ether oxygens (including phenoxy) is 1. The third-order valence-corrected chi connectivity index (χ3v) is 4.61. The molecule has 0 aliphatic carbocycles. The molecule has 120 valence electrons. The molecule has 0 radical (unpaired) electrons. The first-order valence-corrected chi connectivity index (χ1v) is 8.73. The summed E-state index contributed by atoms with van der Waals surface area (Å²) in [6.07, 6.45) is 1.32. The van der Waals surface area contributed by atoms with Gasteiger partial charge in [0.1, 0.15) is 16.1 Å². The third-order valence-electron chi connectivity index (χ3n) is 3.01. The lowest BCUT2D eigenvalue weighted by atomic mass is 10.2. The fourth-order valence-electron chi connectivity index (χ4n) is 2.13. The predicted molar refractivity (Wildman–Crippen MR) is 95.7 cm³/mol. The van der Waals surface area contributed by atoms with Crippen molar-refractivity contribution in [1.82, 2.24) is 15.3 Å². The number of amides is 1. The van der Waals surface area contributed by atoms with Gasteiger partial charge in [-0.1, -0.05) is 22.0 Å². The number of aromatic nitrogens is 2. The molecule has 0 unspecified atom stereocenters. The third kappa shape index (κ3) is 3.79. The molecule has 0 aliphatic rings. The topological polar surface area (TPSA) is 64.1 Å². The summed E-state index contributed by atoms with van der Waals surface area (Å²) in [4.78, 5) is 20.7. The van der Waals surface area contributed by atoms with Crippen molar-refractivity contribution in [2.75, 3.05) is 0 Å². The summed E-state index contributed by atoms with van der Waals surface area (Å²) < 4.78 is 7.29. The highest BCUT2D eigenvalue weighted by Crippen LogP contribution is 2.30. The number of nitrogens with one attached hydrogen (secondary N) is 1. The highest BCUT2D eigenvalue weighted by molar-refractivity contribution is 9.10. The Hall–Kier alpha value is -1.73. The quantitative estimate of drug-likeness (QED) is 0.688. The van der Waals surface area contributed by atoms with Gasteiger partial charge in [0, 0.05) is 9.86 Å². The molecule has 0 spiro atoms. The minimum atomic E-state index is -0.509. The van der Waals surface area contributed by atoms with Crippen molar-refractivity contribution in [2.24, 2.45) is 0 Å². The van der Waals surface area contributed by atoms with Gasteiger partial charge in [0.2, 0.25) is 0 Å². The van der Waals surface area contributed by atoms with Crippen molar-refractivity contribution in [3.05, 3.63) is 33.9 Å². The number of pyridine rings is 1. The van der Waals surface area contributed by atoms with Crippen LogP contribution in [0.4, 0.5) is 4.79 Å². The van der Waals surface area contributed by atoms with Crippen molar-refractivity contribution >= 4 is 54.5 Å². The number of benzene rings is 1. The van der Waals surface area contributed by atoms with Crippen LogP contribution in [-0.2, 0) is 11.3 Å². The van der Waals surface area contributed by atoms with Gasteiger partial charge in [0.15, 0.2) is 0 Å². The first-order valence-electron chi connectivity index (χ1n) is 7.12. The first kappa shape index (κ1) is 16.1. The number of thiazole rings is 1. The molecule has 7 heteroatoms. The van der Waals surface area contributed by atoms with Gasteiger partial charge < -0.3 is 10.1 Å². The summed E-state index contributed by atoms with van der Waals surface area (Å²) in [7, 11) is 0. The Balaban J connectivity index is 1.83. The fourth-order valence-corrected chi connectivity index (χ4v) is 3.49. The maximum absolute atomic E-state index is 11.7. The molecule has 0 aliphatic heterocycles. The number of nitrogens with zero attached hydrogens (tertiary/aromatic N) is 2. The van der Waals surface area contributed by atoms with E-state index in [2.05, 4.69) is 31.2 Å². The zero-order valence-electron chi connectivity index (χ0n) is 13.0. The van der Waals surface area contributed by atoms with Gasteiger partial charge in [0.05, 0.1) is 23.0 Å². The number of alkyl carbamates (subject to hydrolysis) is 1. The summed E-state index contributed by atoms with van der Waals surface area (Å²) in [6, 6.07) is 5.99. The van der Waals surface area contributed by atoms with Gasteiger partial charge in [-0.15, -0.1) is 11.3 Å². The average molecular weight is 394 g/mol. The number of rotatable bonds is 2. The van der Waals surface area contributed by atoms with Crippen molar-refractivity contribution < 1.29 is 9.53 Å². The minimum absolute atomic E-state index is 0.340. The number of hydrogen-bond donors (Lipinski definition) is 1. The molecule has 0 saturated heterocycles. The van der Waals surface area contributed by atoms with E-state index in [0.29, 0.717) is 6.54 Å². The normalized spacial score (nSPS) is 11.8. The molecule has 0 fully saturated rings. The number of carbonyl (C=O) groups excluding carboxylic acids is 1. The Labute approximate surface area is 146 Å².